The Kier molecular flexibility index (Phi) is 8.89. The molecule has 0 aliphatic carbocycles. The molecule has 2 fully saturated rings. The van der Waals surface area contributed by atoms with Crippen LogP contribution in [-0.2, 0) is 9.47 Å². The lowest BCUT2D eigenvalue weighted by molar-refractivity contribution is -0.247. The maximum atomic E-state index is 9.68. The summed E-state index contributed by atoms with van der Waals surface area (Å²) < 4.78 is 10.3. The molecule has 0 amide bonds. The fourth-order valence-corrected chi connectivity index (χ4v) is 3.91. The maximum absolute atomic E-state index is 9.68. The molecule has 2 rings (SSSR count). The molecule has 6 unspecified atom stereocenters. The van der Waals surface area contributed by atoms with E-state index in [1.54, 1.807) is 0 Å². The predicted molar refractivity (Wildman–Crippen MR) is 98.4 cm³/mol. The van der Waals surface area contributed by atoms with E-state index in [4.69, 9.17) is 9.47 Å². The van der Waals surface area contributed by atoms with Gasteiger partial charge in [0.25, 0.3) is 0 Å². The number of hydrogen-bond donors (Lipinski definition) is 4. The van der Waals surface area contributed by atoms with Gasteiger partial charge in [0.15, 0.2) is 12.6 Å². The first-order valence-corrected chi connectivity index (χ1v) is 9.26. The Bertz CT molecular complexity index is 358. The molecule has 2 aliphatic heterocycles. The van der Waals surface area contributed by atoms with Gasteiger partial charge in [-0.1, -0.05) is 13.8 Å². The van der Waals surface area contributed by atoms with Gasteiger partial charge in [0.1, 0.15) is 12.2 Å². The van der Waals surface area contributed by atoms with E-state index in [1.165, 1.54) is 0 Å². The van der Waals surface area contributed by atoms with E-state index in [2.05, 4.69) is 0 Å². The Labute approximate surface area is 157 Å². The normalized spacial score (nSPS) is 46.8. The molecule has 2 saturated heterocycles. The van der Waals surface area contributed by atoms with Crippen LogP contribution in [0.4, 0.5) is 0 Å². The summed E-state index contributed by atoms with van der Waals surface area (Å²) in [6, 6.07) is -0.0856. The molecular formula is C18H38N2O6. The van der Waals surface area contributed by atoms with E-state index < -0.39 is 24.8 Å². The number of aliphatic hydroxyl groups excluding tert-OH is 4. The molecular weight excluding hydrogens is 340 g/mol. The summed E-state index contributed by atoms with van der Waals surface area (Å²) in [5.74, 6) is 0.432. The van der Waals surface area contributed by atoms with Gasteiger partial charge in [-0.2, -0.15) is 0 Å². The molecule has 0 aromatic heterocycles. The van der Waals surface area contributed by atoms with Crippen molar-refractivity contribution >= 4 is 0 Å². The van der Waals surface area contributed by atoms with Crippen molar-refractivity contribution in [2.45, 2.75) is 76.8 Å². The summed E-state index contributed by atoms with van der Waals surface area (Å²) in [5, 5.41) is 38.1. The van der Waals surface area contributed by atoms with Gasteiger partial charge in [0.2, 0.25) is 0 Å². The lowest BCUT2D eigenvalue weighted by Crippen LogP contribution is -2.57. The molecule has 8 nitrogen and oxygen atoms in total. The van der Waals surface area contributed by atoms with Gasteiger partial charge in [0, 0.05) is 23.9 Å². The maximum Gasteiger partial charge on any atom is 0.182 e. The molecule has 0 bridgehead atoms. The van der Waals surface area contributed by atoms with Crippen LogP contribution in [0.2, 0.25) is 0 Å². The molecule has 0 aromatic rings. The van der Waals surface area contributed by atoms with Crippen LogP contribution in [-0.4, -0.2) is 107 Å². The minimum atomic E-state index is -1.06. The molecule has 2 aliphatic rings. The van der Waals surface area contributed by atoms with Crippen LogP contribution in [0.3, 0.4) is 0 Å². The summed E-state index contributed by atoms with van der Waals surface area (Å²) in [7, 11) is 7.59. The van der Waals surface area contributed by atoms with Gasteiger partial charge in [-0.15, -0.1) is 0 Å². The number of hydrogen-bond acceptors (Lipinski definition) is 8. The molecule has 2 heterocycles. The zero-order valence-electron chi connectivity index (χ0n) is 17.3. The fourth-order valence-electron chi connectivity index (χ4n) is 3.91. The zero-order valence-corrected chi connectivity index (χ0v) is 17.3. The summed E-state index contributed by atoms with van der Waals surface area (Å²) in [6.45, 7) is 7.86. The lowest BCUT2D eigenvalue weighted by Gasteiger charge is -2.43. The van der Waals surface area contributed by atoms with Crippen LogP contribution in [0.25, 0.3) is 0 Å². The van der Waals surface area contributed by atoms with Crippen LogP contribution in [0.1, 0.15) is 27.7 Å². The summed E-state index contributed by atoms with van der Waals surface area (Å²) in [5.41, 5.74) is 0. The highest BCUT2D eigenvalue weighted by Gasteiger charge is 2.42. The highest BCUT2D eigenvalue weighted by molar-refractivity contribution is 4.90. The molecule has 8 heteroatoms. The Morgan fingerprint density at radius 2 is 0.846 bits per heavy atom. The van der Waals surface area contributed by atoms with Crippen LogP contribution < -0.4 is 0 Å². The third kappa shape index (κ3) is 5.36. The first kappa shape index (κ1) is 23.7. The minimum absolute atomic E-state index is 0.0224. The van der Waals surface area contributed by atoms with Crippen molar-refractivity contribution < 1.29 is 29.9 Å². The number of nitrogens with zero attached hydrogens (tertiary/aromatic N) is 2. The van der Waals surface area contributed by atoms with E-state index in [0.717, 1.165) is 0 Å². The van der Waals surface area contributed by atoms with Crippen molar-refractivity contribution in [3.05, 3.63) is 0 Å². The molecule has 156 valence electrons. The summed E-state index contributed by atoms with van der Waals surface area (Å²) in [6.07, 6.45) is -3.80. The van der Waals surface area contributed by atoms with Crippen molar-refractivity contribution in [1.29, 1.82) is 0 Å². The average molecular weight is 379 g/mol. The van der Waals surface area contributed by atoms with Crippen molar-refractivity contribution in [2.75, 3.05) is 28.2 Å². The van der Waals surface area contributed by atoms with Crippen molar-refractivity contribution in [1.82, 2.24) is 9.80 Å². The lowest BCUT2D eigenvalue weighted by atomic mass is 9.88. The van der Waals surface area contributed by atoms with Gasteiger partial charge in [-0.05, 0) is 42.0 Å². The van der Waals surface area contributed by atoms with Gasteiger partial charge in [-0.25, -0.2) is 0 Å². The highest BCUT2D eigenvalue weighted by Crippen LogP contribution is 2.28. The van der Waals surface area contributed by atoms with Crippen molar-refractivity contribution in [2.24, 2.45) is 11.8 Å². The fraction of sp³-hybridized carbons (Fsp3) is 1.00. The minimum Gasteiger partial charge on any atom is -0.386 e. The van der Waals surface area contributed by atoms with E-state index in [1.807, 2.05) is 65.7 Å². The van der Waals surface area contributed by atoms with E-state index in [-0.39, 0.29) is 36.1 Å². The molecule has 4 N–H and O–H groups in total. The monoisotopic (exact) mass is 378 g/mol. The zero-order chi connectivity index (χ0) is 20.3. The van der Waals surface area contributed by atoms with E-state index in [0.29, 0.717) is 0 Å². The van der Waals surface area contributed by atoms with Crippen LogP contribution in [0.15, 0.2) is 0 Å². The third-order valence-corrected chi connectivity index (χ3v) is 5.74. The molecule has 0 saturated carbocycles. The second kappa shape index (κ2) is 9.75. The summed E-state index contributed by atoms with van der Waals surface area (Å²) in [4.78, 5) is 3.86. The highest BCUT2D eigenvalue weighted by atomic mass is 16.6. The van der Waals surface area contributed by atoms with Crippen LogP contribution >= 0.6 is 0 Å². The SMILES string of the molecule is CC1OC(O)C(O)C(N(C)C)C1C.C[C@H]1[C@H](N(C)C)[C@@H](O)C(O)O[C@@H]1C. The standard InChI is InChI=1S/2C9H19NO3/c2*1-5-6(2)13-9(12)8(11)7(5)10(3)4/h2*5-9,11-12H,1-4H3/t5-,6-,7+,8-,9?;/m1./s1. The Morgan fingerprint density at radius 1 is 0.577 bits per heavy atom. The number of rotatable bonds is 2. The Balaban J connectivity index is 0.000000260. The second-order valence-corrected chi connectivity index (χ2v) is 8.07. The second-order valence-electron chi connectivity index (χ2n) is 8.07. The Hall–Kier alpha value is -0.320. The molecule has 10 atom stereocenters. The van der Waals surface area contributed by atoms with Gasteiger partial charge < -0.3 is 39.7 Å². The smallest absolute Gasteiger partial charge is 0.182 e. The van der Waals surface area contributed by atoms with E-state index in [9.17, 15) is 20.4 Å². The van der Waals surface area contributed by atoms with Gasteiger partial charge >= 0.3 is 0 Å². The van der Waals surface area contributed by atoms with Crippen LogP contribution in [0, 0.1) is 11.8 Å². The first-order valence-electron chi connectivity index (χ1n) is 9.26. The number of likely N-dealkylation sites (N-methyl/N-ethyl adjacent to an activating group) is 2. The van der Waals surface area contributed by atoms with Gasteiger partial charge in [0.05, 0.1) is 12.2 Å². The van der Waals surface area contributed by atoms with Crippen molar-refractivity contribution in [3.63, 3.8) is 0 Å². The van der Waals surface area contributed by atoms with Gasteiger partial charge in [-0.3, -0.25) is 0 Å². The number of ether oxygens (including phenoxy) is 2. The van der Waals surface area contributed by atoms with Crippen LogP contribution in [0.5, 0.6) is 0 Å². The Morgan fingerprint density at radius 3 is 1.08 bits per heavy atom. The first-order chi connectivity index (χ1) is 11.9. The molecule has 0 spiro atoms. The third-order valence-electron chi connectivity index (χ3n) is 5.74. The quantitative estimate of drug-likeness (QED) is 0.500. The summed E-state index contributed by atoms with van der Waals surface area (Å²) >= 11 is 0. The van der Waals surface area contributed by atoms with E-state index >= 15 is 0 Å². The number of aliphatic hydroxyl groups is 4. The van der Waals surface area contributed by atoms with Crippen molar-refractivity contribution in [3.8, 4) is 0 Å². The largest absolute Gasteiger partial charge is 0.386 e. The predicted octanol–water partition coefficient (Wildman–Crippen LogP) is -0.699. The average Bonchev–Trinajstić information content (AvgIpc) is 2.51. The molecule has 26 heavy (non-hydrogen) atoms. The molecule has 0 radical (unpaired) electrons. The topological polar surface area (TPSA) is 106 Å². The molecule has 0 aromatic carbocycles.